The van der Waals surface area contributed by atoms with E-state index >= 15 is 0 Å². The van der Waals surface area contributed by atoms with E-state index in [0.717, 1.165) is 35.3 Å². The molecule has 54 heavy (non-hydrogen) atoms. The number of carbonyl (C=O) groups excluding carboxylic acids is 2. The number of ether oxygens (including phenoxy) is 2. The van der Waals surface area contributed by atoms with Crippen LogP contribution in [-0.4, -0.2) is 34.5 Å². The summed E-state index contributed by atoms with van der Waals surface area (Å²) in [5.74, 6) is -0.174. The highest BCUT2D eigenvalue weighted by Gasteiger charge is 2.33. The molecule has 1 saturated heterocycles. The number of nitrogen functional groups attached to an aromatic ring is 1. The fourth-order valence-electron chi connectivity index (χ4n) is 6.67. The zero-order chi connectivity index (χ0) is 37.5. The third kappa shape index (κ3) is 11.6. The van der Waals surface area contributed by atoms with E-state index in [4.69, 9.17) is 15.2 Å². The number of benzene rings is 5. The van der Waals surface area contributed by atoms with Gasteiger partial charge in [-0.1, -0.05) is 121 Å². The minimum atomic E-state index is -0.583. The molecule has 0 aromatic heterocycles. The van der Waals surface area contributed by atoms with Crippen molar-refractivity contribution in [3.63, 3.8) is 0 Å². The molecule has 0 spiro atoms. The molecule has 0 bridgehead atoms. The normalized spacial score (nSPS) is 16.9. The van der Waals surface area contributed by atoms with E-state index < -0.39 is 6.29 Å². The second-order valence-corrected chi connectivity index (χ2v) is 13.9. The average Bonchev–Trinajstić information content (AvgIpc) is 3.20. The first-order chi connectivity index (χ1) is 26.4. The molecule has 0 saturated carbocycles. The molecule has 1 fully saturated rings. The molecule has 0 aliphatic carbocycles. The summed E-state index contributed by atoms with van der Waals surface area (Å²) in [6, 6.07) is 44.1. The molecule has 1 aliphatic rings. The van der Waals surface area contributed by atoms with Gasteiger partial charge in [0.15, 0.2) is 6.29 Å². The minimum absolute atomic E-state index is 0.00886. The van der Waals surface area contributed by atoms with Gasteiger partial charge in [0.2, 0.25) is 11.8 Å². The van der Waals surface area contributed by atoms with Crippen molar-refractivity contribution in [3.05, 3.63) is 167 Å². The van der Waals surface area contributed by atoms with E-state index in [0.29, 0.717) is 56.6 Å². The number of nitrogens with one attached hydrogen (secondary N) is 2. The molecule has 5 aromatic rings. The van der Waals surface area contributed by atoms with Crippen molar-refractivity contribution in [2.75, 3.05) is 17.6 Å². The molecule has 280 valence electrons. The number of aliphatic hydroxyl groups is 1. The molecule has 5 aromatic carbocycles. The van der Waals surface area contributed by atoms with Crippen molar-refractivity contribution >= 4 is 23.2 Å². The maximum absolute atomic E-state index is 12.6. The maximum Gasteiger partial charge on any atom is 0.224 e. The summed E-state index contributed by atoms with van der Waals surface area (Å²) in [7, 11) is 0. The van der Waals surface area contributed by atoms with Crippen molar-refractivity contribution in [3.8, 4) is 0 Å². The Morgan fingerprint density at radius 3 is 1.87 bits per heavy atom. The highest BCUT2D eigenvalue weighted by Crippen LogP contribution is 2.38. The third-order valence-electron chi connectivity index (χ3n) is 9.61. The van der Waals surface area contributed by atoms with Crippen LogP contribution in [0.15, 0.2) is 133 Å². The number of aliphatic hydroxyl groups excluding tert-OH is 1. The topological polar surface area (TPSA) is 126 Å². The molecule has 9 nitrogen and oxygen atoms in total. The number of hydrogen-bond donors (Lipinski definition) is 4. The van der Waals surface area contributed by atoms with Crippen LogP contribution in [-0.2, 0) is 45.3 Å². The number of anilines is 2. The second kappa shape index (κ2) is 19.7. The Hall–Kier alpha value is -5.32. The summed E-state index contributed by atoms with van der Waals surface area (Å²) in [4.78, 5) is 27.3. The van der Waals surface area contributed by atoms with Gasteiger partial charge >= 0.3 is 0 Å². The van der Waals surface area contributed by atoms with Crippen LogP contribution in [0.5, 0.6) is 0 Å². The predicted molar refractivity (Wildman–Crippen MR) is 212 cm³/mol. The summed E-state index contributed by atoms with van der Waals surface area (Å²) in [5.41, 5.74) is 13.3. The van der Waals surface area contributed by atoms with Crippen molar-refractivity contribution < 1.29 is 24.2 Å². The summed E-state index contributed by atoms with van der Waals surface area (Å²) in [5, 5.41) is 15.4. The smallest absolute Gasteiger partial charge is 0.224 e. The quantitative estimate of drug-likeness (QED) is 0.0569. The van der Waals surface area contributed by atoms with Crippen LogP contribution in [0.1, 0.15) is 77.9 Å². The van der Waals surface area contributed by atoms with Gasteiger partial charge in [-0.05, 0) is 52.8 Å². The Bertz CT molecular complexity index is 1860. The fourth-order valence-corrected chi connectivity index (χ4v) is 6.67. The Balaban J connectivity index is 1.06. The SMILES string of the molecule is Nc1ccccc1NC(=O)CCCCC(=O)NCc1ccc([C@@H]2O[C@H](CN(Cc3ccccc3)Cc3ccccc3)C[C@H](c3ccc(CO)cc3)O2)cc1. The molecular formula is C45H50N4O5. The third-order valence-corrected chi connectivity index (χ3v) is 9.61. The highest BCUT2D eigenvalue weighted by atomic mass is 16.7. The molecule has 1 heterocycles. The second-order valence-electron chi connectivity index (χ2n) is 13.9. The van der Waals surface area contributed by atoms with Crippen LogP contribution < -0.4 is 16.4 Å². The fraction of sp³-hybridized carbons (Fsp3) is 0.289. The summed E-state index contributed by atoms with van der Waals surface area (Å²) >= 11 is 0. The van der Waals surface area contributed by atoms with E-state index in [1.165, 1.54) is 11.1 Å². The Labute approximate surface area is 318 Å². The number of rotatable bonds is 17. The van der Waals surface area contributed by atoms with Crippen LogP contribution in [0.3, 0.4) is 0 Å². The summed E-state index contributed by atoms with van der Waals surface area (Å²) in [6.07, 6.45) is 1.67. The van der Waals surface area contributed by atoms with Gasteiger partial charge in [0, 0.05) is 51.0 Å². The van der Waals surface area contributed by atoms with Gasteiger partial charge in [-0.3, -0.25) is 14.5 Å². The number of para-hydroxylation sites is 2. The molecule has 1 aliphatic heterocycles. The molecule has 5 N–H and O–H groups in total. The lowest BCUT2D eigenvalue weighted by Gasteiger charge is -2.38. The molecule has 2 amide bonds. The van der Waals surface area contributed by atoms with Crippen molar-refractivity contribution in [1.29, 1.82) is 0 Å². The zero-order valence-corrected chi connectivity index (χ0v) is 30.6. The highest BCUT2D eigenvalue weighted by molar-refractivity contribution is 5.93. The average molecular weight is 727 g/mol. The van der Waals surface area contributed by atoms with E-state index in [9.17, 15) is 14.7 Å². The van der Waals surface area contributed by atoms with Crippen LogP contribution in [0.25, 0.3) is 0 Å². The molecule has 0 unspecified atom stereocenters. The molecule has 6 rings (SSSR count). The Kier molecular flexibility index (Phi) is 14.0. The van der Waals surface area contributed by atoms with Crippen LogP contribution >= 0.6 is 0 Å². The van der Waals surface area contributed by atoms with Crippen LogP contribution in [0.4, 0.5) is 11.4 Å². The lowest BCUT2D eigenvalue weighted by Crippen LogP contribution is -2.39. The van der Waals surface area contributed by atoms with Crippen LogP contribution in [0, 0.1) is 0 Å². The number of nitrogens with two attached hydrogens (primary N) is 1. The Morgan fingerprint density at radius 1 is 0.667 bits per heavy atom. The number of carbonyl (C=O) groups is 2. The first kappa shape index (κ1) is 38.4. The minimum Gasteiger partial charge on any atom is -0.397 e. The van der Waals surface area contributed by atoms with Gasteiger partial charge in [-0.25, -0.2) is 0 Å². The van der Waals surface area contributed by atoms with Crippen molar-refractivity contribution in [1.82, 2.24) is 10.2 Å². The van der Waals surface area contributed by atoms with Crippen LogP contribution in [0.2, 0.25) is 0 Å². The van der Waals surface area contributed by atoms with Gasteiger partial charge < -0.3 is 30.9 Å². The standard InChI is InChI=1S/C45H50N4O5/c46-40-15-7-8-16-41(40)48-44(52)18-10-9-17-43(51)47-28-33-19-25-38(26-20-33)45-53-39(27-42(54-45)37-23-21-36(32-50)22-24-37)31-49(29-34-11-3-1-4-12-34)30-35-13-5-2-6-14-35/h1-8,11-16,19-26,39,42,45,50H,9-10,17-18,27-32,46H2,(H,47,51)(H,48,52)/t39-,42+,45+/m0/s1. The Morgan fingerprint density at radius 2 is 1.24 bits per heavy atom. The van der Waals surface area contributed by atoms with Gasteiger partial charge in [0.05, 0.1) is 30.2 Å². The largest absolute Gasteiger partial charge is 0.397 e. The van der Waals surface area contributed by atoms with E-state index in [2.05, 4.69) is 64.1 Å². The molecule has 9 heteroatoms. The monoisotopic (exact) mass is 726 g/mol. The molecule has 0 radical (unpaired) electrons. The van der Waals surface area contributed by atoms with E-state index in [1.54, 1.807) is 12.1 Å². The zero-order valence-electron chi connectivity index (χ0n) is 30.6. The molecular weight excluding hydrogens is 677 g/mol. The van der Waals surface area contributed by atoms with E-state index in [-0.39, 0.29) is 30.6 Å². The summed E-state index contributed by atoms with van der Waals surface area (Å²) in [6.45, 7) is 2.68. The lowest BCUT2D eigenvalue weighted by atomic mass is 9.99. The number of nitrogens with zero attached hydrogens (tertiary/aromatic N) is 1. The first-order valence-corrected chi connectivity index (χ1v) is 18.7. The van der Waals surface area contributed by atoms with Gasteiger partial charge in [0.25, 0.3) is 0 Å². The van der Waals surface area contributed by atoms with Crippen molar-refractivity contribution in [2.45, 2.75) is 76.8 Å². The van der Waals surface area contributed by atoms with Gasteiger partial charge in [0.1, 0.15) is 0 Å². The van der Waals surface area contributed by atoms with E-state index in [1.807, 2.05) is 72.8 Å². The molecule has 3 atom stereocenters. The predicted octanol–water partition coefficient (Wildman–Crippen LogP) is 7.82. The summed E-state index contributed by atoms with van der Waals surface area (Å²) < 4.78 is 13.3. The number of unbranched alkanes of at least 4 members (excludes halogenated alkanes) is 1. The first-order valence-electron chi connectivity index (χ1n) is 18.7. The maximum atomic E-state index is 12.6. The number of amides is 2. The van der Waals surface area contributed by atoms with Crippen molar-refractivity contribution in [2.24, 2.45) is 0 Å². The lowest BCUT2D eigenvalue weighted by molar-refractivity contribution is -0.253. The van der Waals surface area contributed by atoms with Gasteiger partial charge in [-0.2, -0.15) is 0 Å². The van der Waals surface area contributed by atoms with Gasteiger partial charge in [-0.15, -0.1) is 0 Å². The number of hydrogen-bond acceptors (Lipinski definition) is 7.